The highest BCUT2D eigenvalue weighted by molar-refractivity contribution is 6.22. The van der Waals surface area contributed by atoms with Gasteiger partial charge in [-0.05, 0) is 0 Å². The van der Waals surface area contributed by atoms with Gasteiger partial charge in [0.2, 0.25) is 0 Å². The molecule has 1 aliphatic rings. The molecule has 1 nitrogen and oxygen atoms in total. The van der Waals surface area contributed by atoms with E-state index in [4.69, 9.17) is 0 Å². The van der Waals surface area contributed by atoms with Gasteiger partial charge in [-0.3, -0.25) is 4.74 Å². The molecule has 1 heterocycles. The molecule has 10 heteroatoms. The first kappa shape index (κ1) is 12.8. The van der Waals surface area contributed by atoms with E-state index in [1.165, 1.54) is 0 Å². The van der Waals surface area contributed by atoms with Crippen molar-refractivity contribution in [1.82, 2.24) is 0 Å². The molecule has 90 valence electrons. The normalized spacial score (nSPS) is 29.8. The largest absolute Gasteiger partial charge is 0.428 e. The van der Waals surface area contributed by atoms with Gasteiger partial charge in [-0.1, -0.05) is 0 Å². The van der Waals surface area contributed by atoms with E-state index in [1.54, 1.807) is 0 Å². The second-order valence-corrected chi connectivity index (χ2v) is 3.19. The summed E-state index contributed by atoms with van der Waals surface area (Å²) in [5.74, 6) is 0. The van der Waals surface area contributed by atoms with E-state index >= 15 is 0 Å². The highest BCUT2D eigenvalue weighted by atomic mass is 35.5. The molecule has 0 amide bonds. The minimum Gasteiger partial charge on any atom is -0.292 e. The molecule has 0 unspecified atom stereocenters. The fraction of sp³-hybridized carbons (Fsp3) is 1.00. The Bertz CT molecular complexity index is 253. The van der Waals surface area contributed by atoms with Crippen LogP contribution in [0.4, 0.5) is 35.1 Å². The van der Waals surface area contributed by atoms with Gasteiger partial charge in [0, 0.05) is 0 Å². The van der Waals surface area contributed by atoms with Crippen LogP contribution in [0.3, 0.4) is 0 Å². The Hall–Kier alpha value is -0.310. The lowest BCUT2D eigenvalue weighted by Gasteiger charge is -2.51. The van der Waals surface area contributed by atoms with Crippen molar-refractivity contribution in [2.45, 2.75) is 29.4 Å². The van der Waals surface area contributed by atoms with Gasteiger partial charge in [0.1, 0.15) is 0 Å². The van der Waals surface area contributed by atoms with E-state index in [1.807, 2.05) is 0 Å². The molecule has 0 aliphatic carbocycles. The van der Waals surface area contributed by atoms with E-state index in [2.05, 4.69) is 16.3 Å². The first-order chi connectivity index (χ1) is 6.36. The van der Waals surface area contributed by atoms with Crippen LogP contribution >= 0.6 is 11.6 Å². The van der Waals surface area contributed by atoms with Crippen LogP contribution in [0.25, 0.3) is 0 Å². The van der Waals surface area contributed by atoms with Crippen molar-refractivity contribution in [3.05, 3.63) is 0 Å². The third-order valence-corrected chi connectivity index (χ3v) is 2.35. The maximum Gasteiger partial charge on any atom is 0.428 e. The summed E-state index contributed by atoms with van der Waals surface area (Å²) in [6.07, 6.45) is -16.8. The van der Waals surface area contributed by atoms with Gasteiger partial charge in [-0.15, -0.1) is 11.6 Å². The Balaban J connectivity index is 3.16. The molecule has 1 rings (SSSR count). The Morgan fingerprint density at radius 1 is 0.933 bits per heavy atom. The molecule has 0 N–H and O–H groups in total. The molecule has 0 radical (unpaired) electrons. The molecular formula is C5HClF8O. The first-order valence-electron chi connectivity index (χ1n) is 3.22. The summed E-state index contributed by atoms with van der Waals surface area (Å²) in [6, 6.07) is 0. The van der Waals surface area contributed by atoms with Crippen LogP contribution < -0.4 is 0 Å². The lowest BCUT2D eigenvalue weighted by atomic mass is 9.90. The maximum atomic E-state index is 12.1. The van der Waals surface area contributed by atoms with Gasteiger partial charge < -0.3 is 0 Å². The number of ether oxygens (including phenoxy) is 1. The van der Waals surface area contributed by atoms with Gasteiger partial charge in [0.05, 0.1) is 0 Å². The van der Waals surface area contributed by atoms with Crippen molar-refractivity contribution in [2.75, 3.05) is 0 Å². The van der Waals surface area contributed by atoms with Crippen LogP contribution in [0, 0.1) is 0 Å². The number of rotatable bonds is 0. The summed E-state index contributed by atoms with van der Waals surface area (Å²) in [7, 11) is 0. The molecule has 1 atom stereocenters. The zero-order valence-corrected chi connectivity index (χ0v) is 7.14. The second-order valence-electron chi connectivity index (χ2n) is 2.76. The Kier molecular flexibility index (Phi) is 2.45. The number of hydrogen-bond donors (Lipinski definition) is 0. The quantitative estimate of drug-likeness (QED) is 0.483. The van der Waals surface area contributed by atoms with E-state index < -0.39 is 29.4 Å². The second kappa shape index (κ2) is 2.88. The molecule has 0 spiro atoms. The molecule has 0 aromatic carbocycles. The van der Waals surface area contributed by atoms with Gasteiger partial charge >= 0.3 is 18.5 Å². The van der Waals surface area contributed by atoms with E-state index in [0.717, 1.165) is 0 Å². The van der Waals surface area contributed by atoms with Gasteiger partial charge in [0.25, 0.3) is 5.60 Å². The van der Waals surface area contributed by atoms with Crippen molar-refractivity contribution in [3.8, 4) is 0 Å². The molecule has 0 aromatic heterocycles. The first-order valence-corrected chi connectivity index (χ1v) is 3.65. The number of alkyl halides is 9. The number of hydrogen-bond acceptors (Lipinski definition) is 1. The average Bonchev–Trinajstić information content (AvgIpc) is 1.94. The molecule has 1 aliphatic heterocycles. The summed E-state index contributed by atoms with van der Waals surface area (Å²) in [4.78, 5) is 0. The van der Waals surface area contributed by atoms with Crippen LogP contribution in [0.15, 0.2) is 0 Å². The van der Waals surface area contributed by atoms with Crippen LogP contribution in [0.1, 0.15) is 0 Å². The predicted molar refractivity (Wildman–Crippen MR) is 30.5 cm³/mol. The molecular weight excluding hydrogens is 263 g/mol. The van der Waals surface area contributed by atoms with Gasteiger partial charge in [-0.2, -0.15) is 35.1 Å². The fourth-order valence-corrected chi connectivity index (χ4v) is 1.40. The summed E-state index contributed by atoms with van der Waals surface area (Å²) in [5, 5.41) is -3.52. The molecule has 0 saturated carbocycles. The zero-order valence-electron chi connectivity index (χ0n) is 6.39. The summed E-state index contributed by atoms with van der Waals surface area (Å²) in [5.41, 5.74) is -4.99. The molecule has 0 aromatic rings. The summed E-state index contributed by atoms with van der Waals surface area (Å²) < 4.78 is 98.8. The predicted octanol–water partition coefficient (Wildman–Crippen LogP) is 3.08. The van der Waals surface area contributed by atoms with Crippen LogP contribution in [0.2, 0.25) is 0 Å². The molecule has 15 heavy (non-hydrogen) atoms. The van der Waals surface area contributed by atoms with Crippen LogP contribution in [0.5, 0.6) is 0 Å². The van der Waals surface area contributed by atoms with Crippen molar-refractivity contribution >= 4 is 11.6 Å². The molecule has 1 saturated heterocycles. The maximum absolute atomic E-state index is 12.1. The third-order valence-electron chi connectivity index (χ3n) is 1.79. The monoisotopic (exact) mass is 264 g/mol. The van der Waals surface area contributed by atoms with Crippen LogP contribution in [-0.4, -0.2) is 29.4 Å². The van der Waals surface area contributed by atoms with Gasteiger partial charge in [-0.25, -0.2) is 0 Å². The minimum absolute atomic E-state index is 2.64. The Morgan fingerprint density at radius 2 is 1.27 bits per heavy atom. The topological polar surface area (TPSA) is 9.23 Å². The van der Waals surface area contributed by atoms with Crippen LogP contribution in [-0.2, 0) is 4.74 Å². The van der Waals surface area contributed by atoms with Crippen molar-refractivity contribution in [1.29, 1.82) is 0 Å². The van der Waals surface area contributed by atoms with Gasteiger partial charge in [0.15, 0.2) is 5.38 Å². The molecule has 1 fully saturated rings. The molecule has 0 bridgehead atoms. The smallest absolute Gasteiger partial charge is 0.292 e. The zero-order chi connectivity index (χ0) is 12.3. The Morgan fingerprint density at radius 3 is 1.33 bits per heavy atom. The van der Waals surface area contributed by atoms with Crippen molar-refractivity contribution in [3.63, 3.8) is 0 Å². The standard InChI is InChI=1S/C5HClF8O/c6-1-2(4(9,10)11,5(12,13)14)15-3(1,7)8/h1H/t1-/m1/s1. The lowest BCUT2D eigenvalue weighted by Crippen LogP contribution is -2.78. The SMILES string of the molecule is FC1(F)OC(C(F)(F)F)(C(F)(F)F)[C@H]1Cl. The Labute approximate surface area is 81.9 Å². The minimum atomic E-state index is -6.06. The van der Waals surface area contributed by atoms with E-state index in [-0.39, 0.29) is 0 Å². The number of halogens is 9. The third kappa shape index (κ3) is 1.47. The van der Waals surface area contributed by atoms with Crippen molar-refractivity contribution in [2.24, 2.45) is 0 Å². The highest BCUT2D eigenvalue weighted by Crippen LogP contribution is 2.61. The lowest BCUT2D eigenvalue weighted by molar-refractivity contribution is -0.510. The van der Waals surface area contributed by atoms with E-state index in [9.17, 15) is 35.1 Å². The highest BCUT2D eigenvalue weighted by Gasteiger charge is 2.89. The van der Waals surface area contributed by atoms with Crippen molar-refractivity contribution < 1.29 is 39.9 Å². The average molecular weight is 264 g/mol. The summed E-state index contributed by atoms with van der Waals surface area (Å²) >= 11 is 4.42. The van der Waals surface area contributed by atoms with E-state index in [0.29, 0.717) is 0 Å². The fourth-order valence-electron chi connectivity index (χ4n) is 1.06. The summed E-state index contributed by atoms with van der Waals surface area (Å²) in [6.45, 7) is 0.